The Balaban J connectivity index is 1.71. The first-order valence-corrected chi connectivity index (χ1v) is 11.8. The quantitative estimate of drug-likeness (QED) is 0.619. The minimum Gasteiger partial charge on any atom is -0.488 e. The van der Waals surface area contributed by atoms with Crippen LogP contribution in [0.2, 0.25) is 0 Å². The van der Waals surface area contributed by atoms with Gasteiger partial charge in [0.25, 0.3) is 0 Å². The maximum Gasteiger partial charge on any atom is 0.323 e. The van der Waals surface area contributed by atoms with Crippen LogP contribution >= 0.6 is 0 Å². The number of carbonyl (C=O) groups is 1. The molecule has 2 aromatic rings. The molecule has 1 aromatic carbocycles. The van der Waals surface area contributed by atoms with Gasteiger partial charge < -0.3 is 20.1 Å². The fourth-order valence-corrected chi connectivity index (χ4v) is 4.85. The van der Waals surface area contributed by atoms with E-state index in [1.807, 2.05) is 6.92 Å². The topological polar surface area (TPSA) is 110 Å². The smallest absolute Gasteiger partial charge is 0.323 e. The highest BCUT2D eigenvalue weighted by Crippen LogP contribution is 2.29. The van der Waals surface area contributed by atoms with Gasteiger partial charge in [-0.25, -0.2) is 17.6 Å². The fourth-order valence-electron chi connectivity index (χ4n) is 3.52. The van der Waals surface area contributed by atoms with E-state index in [9.17, 15) is 17.6 Å². The van der Waals surface area contributed by atoms with Crippen molar-refractivity contribution < 1.29 is 27.1 Å². The van der Waals surface area contributed by atoms with Gasteiger partial charge >= 0.3 is 6.03 Å². The van der Waals surface area contributed by atoms with Crippen molar-refractivity contribution in [2.45, 2.75) is 32.4 Å². The molecule has 0 spiro atoms. The number of nitrogens with one attached hydrogen (secondary N) is 2. The zero-order chi connectivity index (χ0) is 23.3. The van der Waals surface area contributed by atoms with Gasteiger partial charge in [-0.2, -0.15) is 4.31 Å². The fraction of sp³-hybridized carbons (Fsp3) is 0.429. The highest BCUT2D eigenvalue weighted by atomic mass is 32.2. The molecule has 1 saturated heterocycles. The van der Waals surface area contributed by atoms with E-state index in [1.54, 1.807) is 19.1 Å². The highest BCUT2D eigenvalue weighted by molar-refractivity contribution is 7.89. The number of aromatic nitrogens is 1. The number of aryl methyl sites for hydroxylation is 1. The number of sulfonamides is 1. The number of rotatable bonds is 8. The molecular weight excluding hydrogens is 439 g/mol. The number of nitrogens with zero attached hydrogens (tertiary/aromatic N) is 2. The Hall–Kier alpha value is -2.76. The molecule has 2 N–H and O–H groups in total. The Bertz CT molecular complexity index is 1050. The van der Waals surface area contributed by atoms with Crippen LogP contribution in [0.5, 0.6) is 5.75 Å². The first-order valence-electron chi connectivity index (χ1n) is 10.2. The standard InChI is InChI=1S/C21H27FN4O5S/c1-4-32(28,29)26-8-7-20(19(26)13-30-3)31-18-10-15(22)9-17(11-18)25-21(27)24-16-6-5-14(2)23-12-16/h5-6,9-12,19-20H,4,7-8,13H2,1-3H3,(H2,24,25,27). The summed E-state index contributed by atoms with van der Waals surface area (Å²) in [4.78, 5) is 16.4. The van der Waals surface area contributed by atoms with Crippen LogP contribution in [0.1, 0.15) is 19.0 Å². The van der Waals surface area contributed by atoms with Gasteiger partial charge in [-0.05, 0) is 38.5 Å². The summed E-state index contributed by atoms with van der Waals surface area (Å²) in [5, 5.41) is 5.18. The maximum absolute atomic E-state index is 14.2. The summed E-state index contributed by atoms with van der Waals surface area (Å²) in [7, 11) is -1.95. The van der Waals surface area contributed by atoms with Crippen LogP contribution in [0.3, 0.4) is 0 Å². The molecule has 1 fully saturated rings. The molecule has 2 atom stereocenters. The zero-order valence-electron chi connectivity index (χ0n) is 18.2. The molecule has 0 aliphatic carbocycles. The van der Waals surface area contributed by atoms with Crippen LogP contribution in [-0.2, 0) is 14.8 Å². The number of halogens is 1. The third-order valence-electron chi connectivity index (χ3n) is 5.08. The third kappa shape index (κ3) is 5.93. The lowest BCUT2D eigenvalue weighted by molar-refractivity contribution is 0.0880. The zero-order valence-corrected chi connectivity index (χ0v) is 19.0. The molecule has 1 aliphatic heterocycles. The van der Waals surface area contributed by atoms with E-state index in [4.69, 9.17) is 9.47 Å². The van der Waals surface area contributed by atoms with Crippen molar-refractivity contribution in [1.29, 1.82) is 0 Å². The molecule has 32 heavy (non-hydrogen) atoms. The molecule has 0 radical (unpaired) electrons. The van der Waals surface area contributed by atoms with Crippen molar-refractivity contribution >= 4 is 27.4 Å². The van der Waals surface area contributed by atoms with E-state index in [-0.39, 0.29) is 23.8 Å². The Morgan fingerprint density at radius 2 is 2.00 bits per heavy atom. The Morgan fingerprint density at radius 1 is 1.25 bits per heavy atom. The maximum atomic E-state index is 14.2. The van der Waals surface area contributed by atoms with Gasteiger partial charge in [0.1, 0.15) is 17.7 Å². The molecule has 0 bridgehead atoms. The number of ether oxygens (including phenoxy) is 2. The predicted molar refractivity (Wildman–Crippen MR) is 119 cm³/mol. The van der Waals surface area contributed by atoms with Crippen LogP contribution in [-0.4, -0.2) is 61.9 Å². The Labute approximate surface area is 187 Å². The van der Waals surface area contributed by atoms with Crippen molar-refractivity contribution in [2.24, 2.45) is 0 Å². The molecular formula is C21H27FN4O5S. The van der Waals surface area contributed by atoms with E-state index in [2.05, 4.69) is 15.6 Å². The number of anilines is 2. The first-order chi connectivity index (χ1) is 15.2. The van der Waals surface area contributed by atoms with Gasteiger partial charge in [0.15, 0.2) is 0 Å². The molecule has 11 heteroatoms. The second-order valence-corrected chi connectivity index (χ2v) is 9.63. The summed E-state index contributed by atoms with van der Waals surface area (Å²) >= 11 is 0. The van der Waals surface area contributed by atoms with Crippen molar-refractivity contribution in [1.82, 2.24) is 9.29 Å². The number of urea groups is 1. The lowest BCUT2D eigenvalue weighted by Crippen LogP contribution is -2.44. The summed E-state index contributed by atoms with van der Waals surface area (Å²) in [6.07, 6.45) is 1.44. The van der Waals surface area contributed by atoms with Gasteiger partial charge in [0.2, 0.25) is 10.0 Å². The van der Waals surface area contributed by atoms with Crippen molar-refractivity contribution in [2.75, 3.05) is 36.6 Å². The lowest BCUT2D eigenvalue weighted by Gasteiger charge is -2.27. The SMILES string of the molecule is CCS(=O)(=O)N1CCC(Oc2cc(F)cc(NC(=O)Nc3ccc(C)nc3)c2)C1COC. The summed E-state index contributed by atoms with van der Waals surface area (Å²) in [5.74, 6) is -0.451. The minimum atomic E-state index is -3.43. The van der Waals surface area contributed by atoms with Gasteiger partial charge in [0, 0.05) is 37.2 Å². The second-order valence-electron chi connectivity index (χ2n) is 7.42. The molecule has 2 amide bonds. The normalized spacial score (nSPS) is 19.0. The van der Waals surface area contributed by atoms with Crippen LogP contribution in [0.4, 0.5) is 20.6 Å². The second kappa shape index (κ2) is 10.2. The number of benzene rings is 1. The summed E-state index contributed by atoms with van der Waals surface area (Å²) in [5.41, 5.74) is 1.50. The minimum absolute atomic E-state index is 0.0282. The van der Waals surface area contributed by atoms with E-state index in [0.717, 1.165) is 11.8 Å². The third-order valence-corrected chi connectivity index (χ3v) is 6.98. The summed E-state index contributed by atoms with van der Waals surface area (Å²) in [6.45, 7) is 3.85. The number of carbonyl (C=O) groups excluding carboxylic acids is 1. The predicted octanol–water partition coefficient (Wildman–Crippen LogP) is 2.99. The number of pyridine rings is 1. The molecule has 2 heterocycles. The molecule has 1 aliphatic rings. The van der Waals surface area contributed by atoms with E-state index >= 15 is 0 Å². The van der Waals surface area contributed by atoms with Crippen molar-refractivity contribution in [3.8, 4) is 5.75 Å². The Kier molecular flexibility index (Phi) is 7.64. The first kappa shape index (κ1) is 23.9. The summed E-state index contributed by atoms with van der Waals surface area (Å²) < 4.78 is 51.5. The average Bonchev–Trinajstić information content (AvgIpc) is 3.12. The largest absolute Gasteiger partial charge is 0.488 e. The lowest BCUT2D eigenvalue weighted by atomic mass is 10.2. The number of hydrogen-bond acceptors (Lipinski definition) is 6. The van der Waals surface area contributed by atoms with Gasteiger partial charge in [-0.3, -0.25) is 4.98 Å². The van der Waals surface area contributed by atoms with E-state index < -0.39 is 34.0 Å². The average molecular weight is 467 g/mol. The number of hydrogen-bond donors (Lipinski definition) is 2. The molecule has 9 nitrogen and oxygen atoms in total. The van der Waals surface area contributed by atoms with Gasteiger partial charge in [-0.15, -0.1) is 0 Å². The van der Waals surface area contributed by atoms with E-state index in [1.165, 1.54) is 29.7 Å². The van der Waals surface area contributed by atoms with Crippen LogP contribution in [0, 0.1) is 12.7 Å². The molecule has 1 aromatic heterocycles. The molecule has 3 rings (SSSR count). The Morgan fingerprint density at radius 3 is 2.66 bits per heavy atom. The molecule has 174 valence electrons. The van der Waals surface area contributed by atoms with Gasteiger partial charge in [0.05, 0.1) is 30.3 Å². The van der Waals surface area contributed by atoms with Crippen LogP contribution in [0.25, 0.3) is 0 Å². The van der Waals surface area contributed by atoms with Crippen molar-refractivity contribution in [3.05, 3.63) is 48.0 Å². The summed E-state index contributed by atoms with van der Waals surface area (Å²) in [6, 6.07) is 6.20. The number of methoxy groups -OCH3 is 1. The molecule has 2 unspecified atom stereocenters. The monoisotopic (exact) mass is 466 g/mol. The highest BCUT2D eigenvalue weighted by Gasteiger charge is 2.41. The molecule has 0 saturated carbocycles. The van der Waals surface area contributed by atoms with Crippen molar-refractivity contribution in [3.63, 3.8) is 0 Å². The van der Waals surface area contributed by atoms with Crippen LogP contribution in [0.15, 0.2) is 36.5 Å². The van der Waals surface area contributed by atoms with E-state index in [0.29, 0.717) is 18.7 Å². The number of amides is 2. The van der Waals surface area contributed by atoms with Crippen LogP contribution < -0.4 is 15.4 Å². The van der Waals surface area contributed by atoms with Gasteiger partial charge in [-0.1, -0.05) is 0 Å².